The number of amides is 1. The van der Waals surface area contributed by atoms with Crippen LogP contribution in [0.3, 0.4) is 0 Å². The first-order valence-electron chi connectivity index (χ1n) is 6.23. The number of aryl methyl sites for hydroxylation is 2. The van der Waals surface area contributed by atoms with Crippen molar-refractivity contribution in [1.29, 1.82) is 0 Å². The van der Waals surface area contributed by atoms with Crippen molar-refractivity contribution in [3.8, 4) is 0 Å². The predicted octanol–water partition coefficient (Wildman–Crippen LogP) is 0.399. The minimum atomic E-state index is -1.01. The van der Waals surface area contributed by atoms with Crippen molar-refractivity contribution >= 4 is 23.8 Å². The number of aromatic nitrogens is 2. The number of hydrogen-bond donors (Lipinski definition) is 2. The molecule has 7 nitrogen and oxygen atoms in total. The zero-order valence-corrected chi connectivity index (χ0v) is 12.2. The molecule has 1 rings (SSSR count). The molecule has 1 amide bonds. The van der Waals surface area contributed by atoms with E-state index in [2.05, 4.69) is 10.4 Å². The van der Waals surface area contributed by atoms with Gasteiger partial charge in [0.1, 0.15) is 5.82 Å². The summed E-state index contributed by atoms with van der Waals surface area (Å²) in [5.41, 5.74) is 1.49. The van der Waals surface area contributed by atoms with Crippen molar-refractivity contribution in [3.05, 3.63) is 17.3 Å². The Morgan fingerprint density at radius 1 is 1.50 bits per heavy atom. The number of hydrogen-bond acceptors (Lipinski definition) is 4. The average Bonchev–Trinajstić information content (AvgIpc) is 2.67. The summed E-state index contributed by atoms with van der Waals surface area (Å²) in [6.45, 7) is 2.34. The lowest BCUT2D eigenvalue weighted by Crippen LogP contribution is -2.27. The lowest BCUT2D eigenvalue weighted by Gasteiger charge is -2.19. The highest BCUT2D eigenvalue weighted by atomic mass is 16.4. The summed E-state index contributed by atoms with van der Waals surface area (Å²) < 4.78 is 1.68. The van der Waals surface area contributed by atoms with Crippen molar-refractivity contribution in [3.63, 3.8) is 0 Å². The van der Waals surface area contributed by atoms with Gasteiger partial charge < -0.3 is 15.3 Å². The zero-order chi connectivity index (χ0) is 15.3. The van der Waals surface area contributed by atoms with Crippen LogP contribution in [-0.4, -0.2) is 47.4 Å². The third kappa shape index (κ3) is 3.84. The molecule has 20 heavy (non-hydrogen) atoms. The van der Waals surface area contributed by atoms with Gasteiger partial charge in [-0.15, -0.1) is 0 Å². The van der Waals surface area contributed by atoms with E-state index in [1.807, 2.05) is 18.9 Å². The van der Waals surface area contributed by atoms with Gasteiger partial charge in [0.25, 0.3) is 0 Å². The molecule has 0 unspecified atom stereocenters. The van der Waals surface area contributed by atoms with Crippen LogP contribution in [0.2, 0.25) is 0 Å². The van der Waals surface area contributed by atoms with Crippen LogP contribution in [-0.2, 0) is 16.6 Å². The van der Waals surface area contributed by atoms with E-state index in [9.17, 15) is 9.59 Å². The molecule has 7 heteroatoms. The van der Waals surface area contributed by atoms with E-state index in [4.69, 9.17) is 5.11 Å². The number of anilines is 1. The Morgan fingerprint density at radius 3 is 2.70 bits per heavy atom. The van der Waals surface area contributed by atoms with Crippen LogP contribution < -0.4 is 10.2 Å². The Morgan fingerprint density at radius 2 is 2.15 bits per heavy atom. The number of aliphatic carboxylic acids is 1. The molecule has 110 valence electrons. The van der Waals surface area contributed by atoms with E-state index in [-0.39, 0.29) is 5.91 Å². The second-order valence-corrected chi connectivity index (χ2v) is 4.46. The van der Waals surface area contributed by atoms with E-state index >= 15 is 0 Å². The Hall–Kier alpha value is -2.31. The molecule has 0 aliphatic carbocycles. The number of rotatable bonds is 6. The highest BCUT2D eigenvalue weighted by molar-refractivity contribution is 5.87. The molecule has 2 N–H and O–H groups in total. The molecule has 0 spiro atoms. The first kappa shape index (κ1) is 15.7. The molecular formula is C13H20N4O3. The minimum absolute atomic E-state index is 0.0432. The number of carboxylic acids is 1. The Balaban J connectivity index is 2.98. The third-order valence-corrected chi connectivity index (χ3v) is 2.94. The van der Waals surface area contributed by atoms with Gasteiger partial charge in [-0.05, 0) is 13.0 Å². The topological polar surface area (TPSA) is 87.5 Å². The van der Waals surface area contributed by atoms with Crippen molar-refractivity contribution in [2.45, 2.75) is 13.3 Å². The van der Waals surface area contributed by atoms with E-state index < -0.39 is 5.97 Å². The Kier molecular flexibility index (Phi) is 5.31. The number of nitrogens with zero attached hydrogens (tertiary/aromatic N) is 3. The van der Waals surface area contributed by atoms with Crippen molar-refractivity contribution in [1.82, 2.24) is 15.1 Å². The number of carboxylic acid groups (broad SMARTS) is 1. The molecule has 0 aliphatic heterocycles. The van der Waals surface area contributed by atoms with Crippen LogP contribution in [0.5, 0.6) is 0 Å². The summed E-state index contributed by atoms with van der Waals surface area (Å²) in [6.07, 6.45) is 2.97. The summed E-state index contributed by atoms with van der Waals surface area (Å²) in [5.74, 6) is -0.269. The quantitative estimate of drug-likeness (QED) is 0.736. The van der Waals surface area contributed by atoms with Crippen molar-refractivity contribution in [2.75, 3.05) is 25.5 Å². The van der Waals surface area contributed by atoms with Crippen molar-refractivity contribution < 1.29 is 14.7 Å². The molecule has 0 aromatic carbocycles. The fraction of sp³-hybridized carbons (Fsp3) is 0.462. The molecule has 0 aliphatic rings. The molecule has 0 saturated heterocycles. The van der Waals surface area contributed by atoms with Gasteiger partial charge in [0.05, 0.1) is 5.69 Å². The normalized spacial score (nSPS) is 10.8. The summed E-state index contributed by atoms with van der Waals surface area (Å²) in [6, 6.07) is 0. The molecule has 0 bridgehead atoms. The molecule has 1 heterocycles. The number of carbonyl (C=O) groups excluding carboxylic acids is 1. The first-order valence-corrected chi connectivity index (χ1v) is 6.23. The van der Waals surface area contributed by atoms with E-state index in [0.717, 1.165) is 23.2 Å². The second-order valence-electron chi connectivity index (χ2n) is 4.46. The second kappa shape index (κ2) is 6.74. The maximum atomic E-state index is 11.3. The highest BCUT2D eigenvalue weighted by Gasteiger charge is 2.15. The Labute approximate surface area is 117 Å². The summed E-state index contributed by atoms with van der Waals surface area (Å²) in [5, 5.41) is 15.6. The van der Waals surface area contributed by atoms with Gasteiger partial charge in [-0.1, -0.05) is 0 Å². The molecule has 0 radical (unpaired) electrons. The van der Waals surface area contributed by atoms with Crippen LogP contribution in [0, 0.1) is 6.92 Å². The fourth-order valence-corrected chi connectivity index (χ4v) is 1.96. The van der Waals surface area contributed by atoms with Gasteiger partial charge in [0.2, 0.25) is 5.91 Å². The molecule has 1 aromatic rings. The largest absolute Gasteiger partial charge is 0.478 e. The van der Waals surface area contributed by atoms with E-state index in [1.54, 1.807) is 18.8 Å². The molecular weight excluding hydrogens is 260 g/mol. The third-order valence-electron chi connectivity index (χ3n) is 2.94. The predicted molar refractivity (Wildman–Crippen MR) is 76.6 cm³/mol. The van der Waals surface area contributed by atoms with Gasteiger partial charge in [-0.3, -0.25) is 9.48 Å². The van der Waals surface area contributed by atoms with Crippen LogP contribution in [0.15, 0.2) is 6.08 Å². The molecule has 0 fully saturated rings. The zero-order valence-electron chi connectivity index (χ0n) is 12.2. The smallest absolute Gasteiger partial charge is 0.328 e. The van der Waals surface area contributed by atoms with E-state index in [1.165, 1.54) is 6.08 Å². The van der Waals surface area contributed by atoms with Crippen LogP contribution in [0.1, 0.15) is 17.7 Å². The van der Waals surface area contributed by atoms with Gasteiger partial charge in [-0.25, -0.2) is 4.79 Å². The standard InChI is InChI=1S/C13H20N4O3/c1-9-10(5-6-12(19)20)13(17(4)15-9)16(3)8-7-11(18)14-2/h5-6H,7-8H2,1-4H3,(H,14,18)(H,19,20)/b6-5+. The lowest BCUT2D eigenvalue weighted by molar-refractivity contribution is -0.131. The van der Waals surface area contributed by atoms with Crippen LogP contribution in [0.4, 0.5) is 5.82 Å². The molecule has 0 saturated carbocycles. The number of carbonyl (C=O) groups is 2. The van der Waals surface area contributed by atoms with Gasteiger partial charge in [0.15, 0.2) is 0 Å². The first-order chi connectivity index (χ1) is 9.36. The maximum Gasteiger partial charge on any atom is 0.328 e. The highest BCUT2D eigenvalue weighted by Crippen LogP contribution is 2.23. The van der Waals surface area contributed by atoms with Gasteiger partial charge >= 0.3 is 5.97 Å². The molecule has 1 aromatic heterocycles. The monoisotopic (exact) mass is 280 g/mol. The van der Waals surface area contributed by atoms with Crippen LogP contribution in [0.25, 0.3) is 6.08 Å². The lowest BCUT2D eigenvalue weighted by atomic mass is 10.2. The molecule has 0 atom stereocenters. The van der Waals surface area contributed by atoms with E-state index in [0.29, 0.717) is 13.0 Å². The maximum absolute atomic E-state index is 11.3. The Bertz CT molecular complexity index is 534. The number of nitrogens with one attached hydrogen (secondary N) is 1. The van der Waals surface area contributed by atoms with Crippen molar-refractivity contribution in [2.24, 2.45) is 7.05 Å². The fourth-order valence-electron chi connectivity index (χ4n) is 1.96. The SMILES string of the molecule is CNC(=O)CCN(C)c1c(/C=C/C(=O)O)c(C)nn1C. The summed E-state index contributed by atoms with van der Waals surface area (Å²) in [7, 11) is 5.23. The van der Waals surface area contributed by atoms with Gasteiger partial charge in [0, 0.05) is 45.7 Å². The van der Waals surface area contributed by atoms with Crippen LogP contribution >= 0.6 is 0 Å². The van der Waals surface area contributed by atoms with Gasteiger partial charge in [-0.2, -0.15) is 5.10 Å². The summed E-state index contributed by atoms with van der Waals surface area (Å²) >= 11 is 0. The average molecular weight is 280 g/mol. The minimum Gasteiger partial charge on any atom is -0.478 e. The summed E-state index contributed by atoms with van der Waals surface area (Å²) in [4.78, 5) is 23.8.